The van der Waals surface area contributed by atoms with E-state index >= 15 is 0 Å². The zero-order valence-electron chi connectivity index (χ0n) is 21.8. The van der Waals surface area contributed by atoms with Crippen LogP contribution >= 0.6 is 0 Å². The van der Waals surface area contributed by atoms with E-state index in [0.29, 0.717) is 50.4 Å². The van der Waals surface area contributed by atoms with Gasteiger partial charge in [-0.3, -0.25) is 0 Å². The Morgan fingerprint density at radius 2 is 1.73 bits per heavy atom. The minimum atomic E-state index is -4.81. The minimum Gasteiger partial charge on any atom is -0.446 e. The van der Waals surface area contributed by atoms with Crippen LogP contribution in [0.25, 0.3) is 0 Å². The molecule has 0 unspecified atom stereocenters. The van der Waals surface area contributed by atoms with Gasteiger partial charge in [-0.25, -0.2) is 23.2 Å². The molecule has 18 heteroatoms. The predicted molar refractivity (Wildman–Crippen MR) is 131 cm³/mol. The number of rotatable bonds is 8. The SMILES string of the molecule is C[C@@H](CC(F)(F)F)NC(=O)O[C@H]1CC[C@@H](c2cnc(NC3CCN(S(=O)(=O)c4cnn(C(F)(F)F)c4)CC3)nc2)C1. The van der Waals surface area contributed by atoms with Crippen molar-refractivity contribution in [2.24, 2.45) is 0 Å². The highest BCUT2D eigenvalue weighted by Gasteiger charge is 2.36. The van der Waals surface area contributed by atoms with Crippen molar-refractivity contribution in [3.05, 3.63) is 30.4 Å². The summed E-state index contributed by atoms with van der Waals surface area (Å²) < 4.78 is 107. The third-order valence-electron chi connectivity index (χ3n) is 6.95. The van der Waals surface area contributed by atoms with Gasteiger partial charge in [0.15, 0.2) is 0 Å². The molecule has 1 saturated carbocycles. The summed E-state index contributed by atoms with van der Waals surface area (Å²) in [5.74, 6) is 0.329. The van der Waals surface area contributed by atoms with Crippen LogP contribution in [-0.2, 0) is 21.1 Å². The Morgan fingerprint density at radius 3 is 2.32 bits per heavy atom. The van der Waals surface area contributed by atoms with E-state index < -0.39 is 52.1 Å². The van der Waals surface area contributed by atoms with E-state index in [1.807, 2.05) is 0 Å². The molecule has 2 N–H and O–H groups in total. The number of anilines is 1. The van der Waals surface area contributed by atoms with Crippen molar-refractivity contribution >= 4 is 22.1 Å². The smallest absolute Gasteiger partial charge is 0.446 e. The van der Waals surface area contributed by atoms with Gasteiger partial charge in [-0.15, -0.1) is 13.2 Å². The van der Waals surface area contributed by atoms with Crippen LogP contribution in [0.3, 0.4) is 0 Å². The normalized spacial score (nSPS) is 21.9. The molecule has 0 aromatic carbocycles. The van der Waals surface area contributed by atoms with Crippen molar-refractivity contribution in [1.29, 1.82) is 0 Å². The zero-order chi connectivity index (χ0) is 30.0. The first kappa shape index (κ1) is 30.8. The Morgan fingerprint density at radius 1 is 1.07 bits per heavy atom. The number of amides is 1. The molecule has 2 aromatic rings. The topological polar surface area (TPSA) is 131 Å². The van der Waals surface area contributed by atoms with Gasteiger partial charge in [0.1, 0.15) is 11.0 Å². The number of carbonyl (C=O) groups is 1. The van der Waals surface area contributed by atoms with Crippen molar-refractivity contribution in [1.82, 2.24) is 29.4 Å². The van der Waals surface area contributed by atoms with Crippen LogP contribution < -0.4 is 10.6 Å². The Balaban J connectivity index is 1.23. The molecule has 3 heterocycles. The molecule has 3 atom stereocenters. The van der Waals surface area contributed by atoms with Crippen LogP contribution in [0.15, 0.2) is 29.7 Å². The molecular weight excluding hydrogens is 584 g/mol. The number of hydrogen-bond donors (Lipinski definition) is 2. The highest BCUT2D eigenvalue weighted by atomic mass is 32.2. The number of nitrogens with zero attached hydrogens (tertiary/aromatic N) is 5. The molecule has 2 fully saturated rings. The first-order valence-corrected chi connectivity index (χ1v) is 14.3. The van der Waals surface area contributed by atoms with Crippen molar-refractivity contribution in [3.63, 3.8) is 0 Å². The third kappa shape index (κ3) is 8.21. The van der Waals surface area contributed by atoms with E-state index in [4.69, 9.17) is 4.74 Å². The highest BCUT2D eigenvalue weighted by Crippen LogP contribution is 2.36. The number of alkyl carbamates (subject to hydrolysis) is 1. The van der Waals surface area contributed by atoms with Crippen LogP contribution in [0.2, 0.25) is 0 Å². The summed E-state index contributed by atoms with van der Waals surface area (Å²) in [4.78, 5) is 20.1. The molecule has 4 rings (SSSR count). The molecule has 1 saturated heterocycles. The van der Waals surface area contributed by atoms with Crippen molar-refractivity contribution < 1.29 is 44.3 Å². The maximum absolute atomic E-state index is 12.8. The molecule has 2 aromatic heterocycles. The molecule has 1 amide bonds. The first-order valence-electron chi connectivity index (χ1n) is 12.8. The number of hydrogen-bond acceptors (Lipinski definition) is 8. The Kier molecular flexibility index (Phi) is 9.01. The molecule has 41 heavy (non-hydrogen) atoms. The van der Waals surface area contributed by atoms with Crippen molar-refractivity contribution in [2.45, 2.75) is 86.9 Å². The second kappa shape index (κ2) is 12.0. The highest BCUT2D eigenvalue weighted by molar-refractivity contribution is 7.89. The summed E-state index contributed by atoms with van der Waals surface area (Å²) in [7, 11) is -4.13. The molecule has 0 radical (unpaired) electrons. The van der Waals surface area contributed by atoms with Gasteiger partial charge in [0.25, 0.3) is 0 Å². The lowest BCUT2D eigenvalue weighted by molar-refractivity contribution is -0.212. The van der Waals surface area contributed by atoms with Gasteiger partial charge in [0, 0.05) is 37.6 Å². The van der Waals surface area contributed by atoms with E-state index in [9.17, 15) is 39.6 Å². The number of alkyl halides is 6. The van der Waals surface area contributed by atoms with Crippen LogP contribution in [0.5, 0.6) is 0 Å². The van der Waals surface area contributed by atoms with Crippen LogP contribution in [0.4, 0.5) is 37.1 Å². The van der Waals surface area contributed by atoms with E-state index in [0.717, 1.165) is 9.87 Å². The largest absolute Gasteiger partial charge is 0.504 e. The fraction of sp³-hybridized carbons (Fsp3) is 0.652. The average Bonchev–Trinajstić information content (AvgIpc) is 3.54. The van der Waals surface area contributed by atoms with E-state index in [1.165, 1.54) is 6.92 Å². The number of halogens is 6. The molecule has 0 spiro atoms. The third-order valence-corrected chi connectivity index (χ3v) is 8.80. The monoisotopic (exact) mass is 613 g/mol. The number of aromatic nitrogens is 4. The Hall–Kier alpha value is -3.15. The molecule has 1 aliphatic heterocycles. The second-order valence-electron chi connectivity index (χ2n) is 10.2. The standard InChI is InChI=1S/C23H29F6N7O4S/c1-14(9-22(24,25)26)33-21(37)40-18-3-2-15(8-18)16-10-30-20(31-11-16)34-17-4-6-35(7-5-17)41(38,39)19-12-32-36(13-19)23(27,28)29/h10-15,17-18H,2-9H2,1H3,(H,33,37)(H,30,31,34)/t14-,15+,18-/m0/s1. The minimum absolute atomic E-state index is 0.00425. The van der Waals surface area contributed by atoms with Gasteiger partial charge in [-0.2, -0.15) is 27.3 Å². The number of nitrogens with one attached hydrogen (secondary N) is 2. The van der Waals surface area contributed by atoms with Gasteiger partial charge >= 0.3 is 18.6 Å². The molecular formula is C23H29F6N7O4S. The lowest BCUT2D eigenvalue weighted by atomic mass is 10.0. The van der Waals surface area contributed by atoms with Gasteiger partial charge in [-0.05, 0) is 50.5 Å². The molecule has 228 valence electrons. The van der Waals surface area contributed by atoms with Crippen molar-refractivity contribution in [2.75, 3.05) is 18.4 Å². The number of ether oxygens (including phenoxy) is 1. The summed E-state index contributed by atoms with van der Waals surface area (Å²) in [5.41, 5.74) is 0.813. The first-order chi connectivity index (χ1) is 19.1. The van der Waals surface area contributed by atoms with Crippen LogP contribution in [0, 0.1) is 0 Å². The van der Waals surface area contributed by atoms with Gasteiger partial charge in [0.05, 0.1) is 18.8 Å². The average molecular weight is 614 g/mol. The molecule has 2 aliphatic rings. The number of piperidine rings is 1. The lowest BCUT2D eigenvalue weighted by Gasteiger charge is -2.31. The van der Waals surface area contributed by atoms with Gasteiger partial charge in [-0.1, -0.05) is 0 Å². The quantitative estimate of drug-likeness (QED) is 0.426. The fourth-order valence-electron chi connectivity index (χ4n) is 4.91. The lowest BCUT2D eigenvalue weighted by Crippen LogP contribution is -2.42. The zero-order valence-corrected chi connectivity index (χ0v) is 22.6. The number of sulfonamides is 1. The molecule has 11 nitrogen and oxygen atoms in total. The van der Waals surface area contributed by atoms with E-state index in [2.05, 4.69) is 25.7 Å². The molecule has 0 bridgehead atoms. The van der Waals surface area contributed by atoms with Gasteiger partial charge in [0.2, 0.25) is 16.0 Å². The maximum atomic E-state index is 12.8. The summed E-state index contributed by atoms with van der Waals surface area (Å²) in [6.45, 7) is 1.42. The summed E-state index contributed by atoms with van der Waals surface area (Å²) >= 11 is 0. The summed E-state index contributed by atoms with van der Waals surface area (Å²) in [6.07, 6.45) is -4.84. The summed E-state index contributed by atoms with van der Waals surface area (Å²) in [5, 5.41) is 8.42. The fourth-order valence-corrected chi connectivity index (χ4v) is 6.31. The van der Waals surface area contributed by atoms with Crippen LogP contribution in [0.1, 0.15) is 56.9 Å². The molecule has 1 aliphatic carbocycles. The van der Waals surface area contributed by atoms with E-state index in [-0.39, 0.29) is 29.7 Å². The number of carbonyl (C=O) groups excluding carboxylic acids is 1. The van der Waals surface area contributed by atoms with E-state index in [1.54, 1.807) is 12.4 Å². The van der Waals surface area contributed by atoms with Gasteiger partial charge < -0.3 is 15.4 Å². The Labute approximate surface area is 231 Å². The Bertz CT molecular complexity index is 1290. The van der Waals surface area contributed by atoms with Crippen LogP contribution in [-0.4, -0.2) is 76.0 Å². The summed E-state index contributed by atoms with van der Waals surface area (Å²) in [6, 6.07) is -1.26. The van der Waals surface area contributed by atoms with Crippen molar-refractivity contribution in [3.8, 4) is 0 Å². The maximum Gasteiger partial charge on any atom is 0.504 e. The second-order valence-corrected chi connectivity index (χ2v) is 12.1. The predicted octanol–water partition coefficient (Wildman–Crippen LogP) is 4.12.